The average Bonchev–Trinajstić information content (AvgIpc) is 2.60. The van der Waals surface area contributed by atoms with Crippen molar-refractivity contribution >= 4 is 11.9 Å². The molecule has 5 nitrogen and oxygen atoms in total. The van der Waals surface area contributed by atoms with E-state index >= 15 is 0 Å². The number of carbonyl (C=O) groups is 2. The highest BCUT2D eigenvalue weighted by Gasteiger charge is 2.10. The molecular formula is C20H22O5. The van der Waals surface area contributed by atoms with Crippen molar-refractivity contribution in [3.05, 3.63) is 59.7 Å². The highest BCUT2D eigenvalue weighted by Crippen LogP contribution is 2.16. The largest absolute Gasteiger partial charge is 0.497 e. The number of esters is 2. The predicted octanol–water partition coefficient (Wildman–Crippen LogP) is 3.80. The van der Waals surface area contributed by atoms with Crippen LogP contribution >= 0.6 is 0 Å². The van der Waals surface area contributed by atoms with E-state index < -0.39 is 5.97 Å². The molecule has 0 saturated carbocycles. The molecule has 0 unspecified atom stereocenters. The lowest BCUT2D eigenvalue weighted by atomic mass is 10.1. The molecule has 0 fully saturated rings. The zero-order valence-corrected chi connectivity index (χ0v) is 14.7. The number of hydrogen-bond donors (Lipinski definition) is 0. The summed E-state index contributed by atoms with van der Waals surface area (Å²) in [6, 6.07) is 13.9. The number of hydrogen-bond acceptors (Lipinski definition) is 5. The van der Waals surface area contributed by atoms with Crippen LogP contribution in [-0.2, 0) is 16.0 Å². The number of carbonyl (C=O) groups excluding carboxylic acids is 2. The number of ether oxygens (including phenoxy) is 3. The number of rotatable bonds is 7. The minimum atomic E-state index is -0.396. The van der Waals surface area contributed by atoms with E-state index in [1.54, 1.807) is 45.2 Å². The van der Waals surface area contributed by atoms with Gasteiger partial charge in [0.2, 0.25) is 0 Å². The Morgan fingerprint density at radius 3 is 2.08 bits per heavy atom. The summed E-state index contributed by atoms with van der Waals surface area (Å²) in [4.78, 5) is 23.7. The van der Waals surface area contributed by atoms with E-state index in [0.29, 0.717) is 17.7 Å². The average molecular weight is 342 g/mol. The van der Waals surface area contributed by atoms with Gasteiger partial charge in [-0.2, -0.15) is 0 Å². The molecule has 2 rings (SSSR count). The van der Waals surface area contributed by atoms with Crippen molar-refractivity contribution in [1.29, 1.82) is 0 Å². The van der Waals surface area contributed by atoms with Crippen molar-refractivity contribution in [2.45, 2.75) is 32.8 Å². The summed E-state index contributed by atoms with van der Waals surface area (Å²) in [6.07, 6.45) is 0.674. The fourth-order valence-corrected chi connectivity index (χ4v) is 2.16. The molecule has 0 saturated heterocycles. The van der Waals surface area contributed by atoms with Crippen LogP contribution in [0.2, 0.25) is 0 Å². The lowest BCUT2D eigenvalue weighted by molar-refractivity contribution is -0.134. The summed E-state index contributed by atoms with van der Waals surface area (Å²) in [6.45, 7) is 3.58. The highest BCUT2D eigenvalue weighted by molar-refractivity contribution is 5.89. The summed E-state index contributed by atoms with van der Waals surface area (Å²) in [5.74, 6) is 0.462. The van der Waals surface area contributed by atoms with E-state index in [1.807, 2.05) is 24.3 Å². The maximum Gasteiger partial charge on any atom is 0.338 e. The van der Waals surface area contributed by atoms with E-state index in [4.69, 9.17) is 14.2 Å². The molecule has 0 N–H and O–H groups in total. The first-order valence-electron chi connectivity index (χ1n) is 8.12. The van der Waals surface area contributed by atoms with Crippen molar-refractivity contribution in [2.75, 3.05) is 7.11 Å². The Morgan fingerprint density at radius 2 is 1.52 bits per heavy atom. The smallest absolute Gasteiger partial charge is 0.338 e. The molecule has 0 aliphatic rings. The molecule has 132 valence electrons. The molecule has 5 heteroatoms. The maximum absolute atomic E-state index is 11.9. The third kappa shape index (κ3) is 5.95. The Bertz CT molecular complexity index is 702. The zero-order valence-electron chi connectivity index (χ0n) is 14.7. The number of benzene rings is 2. The topological polar surface area (TPSA) is 61.8 Å². The number of aryl methyl sites for hydroxylation is 1. The van der Waals surface area contributed by atoms with Crippen molar-refractivity contribution in [3.8, 4) is 11.5 Å². The molecule has 25 heavy (non-hydrogen) atoms. The van der Waals surface area contributed by atoms with E-state index in [-0.39, 0.29) is 18.5 Å². The molecule has 2 aromatic rings. The van der Waals surface area contributed by atoms with Gasteiger partial charge in [-0.05, 0) is 62.2 Å². The van der Waals surface area contributed by atoms with E-state index in [2.05, 4.69) is 0 Å². The van der Waals surface area contributed by atoms with Crippen molar-refractivity contribution in [1.82, 2.24) is 0 Å². The van der Waals surface area contributed by atoms with Crippen LogP contribution in [-0.4, -0.2) is 25.2 Å². The first-order valence-corrected chi connectivity index (χ1v) is 8.12. The van der Waals surface area contributed by atoms with Crippen LogP contribution in [0.5, 0.6) is 11.5 Å². The van der Waals surface area contributed by atoms with Crippen LogP contribution < -0.4 is 9.47 Å². The first kappa shape index (κ1) is 18.5. The Hall–Kier alpha value is -2.82. The first-order chi connectivity index (χ1) is 12.0. The monoisotopic (exact) mass is 342 g/mol. The van der Waals surface area contributed by atoms with E-state index in [0.717, 1.165) is 11.3 Å². The molecule has 0 bridgehead atoms. The van der Waals surface area contributed by atoms with Crippen molar-refractivity contribution < 1.29 is 23.8 Å². The van der Waals surface area contributed by atoms with Crippen molar-refractivity contribution in [2.24, 2.45) is 0 Å². The van der Waals surface area contributed by atoms with E-state index in [9.17, 15) is 9.59 Å². The Balaban J connectivity index is 1.84. The molecule has 2 aromatic carbocycles. The van der Waals surface area contributed by atoms with Gasteiger partial charge in [0.1, 0.15) is 11.5 Å². The third-order valence-electron chi connectivity index (χ3n) is 3.44. The second kappa shape index (κ2) is 8.87. The highest BCUT2D eigenvalue weighted by atomic mass is 16.5. The zero-order chi connectivity index (χ0) is 18.2. The van der Waals surface area contributed by atoms with Gasteiger partial charge in [0.25, 0.3) is 0 Å². The van der Waals surface area contributed by atoms with Gasteiger partial charge in [0.05, 0.1) is 18.8 Å². The van der Waals surface area contributed by atoms with E-state index in [1.165, 1.54) is 0 Å². The molecule has 0 aliphatic heterocycles. The number of methoxy groups -OCH3 is 1. The van der Waals surface area contributed by atoms with Gasteiger partial charge in [0, 0.05) is 6.42 Å². The quantitative estimate of drug-likeness (QED) is 0.566. The Kier molecular flexibility index (Phi) is 6.57. The summed E-state index contributed by atoms with van der Waals surface area (Å²) in [5, 5.41) is 0. The molecule has 0 amide bonds. The molecule has 0 radical (unpaired) electrons. The van der Waals surface area contributed by atoms with Crippen LogP contribution in [0.15, 0.2) is 48.5 Å². The fraction of sp³-hybridized carbons (Fsp3) is 0.300. The van der Waals surface area contributed by atoms with Crippen LogP contribution in [0.3, 0.4) is 0 Å². The Labute approximate surface area is 147 Å². The predicted molar refractivity (Wildman–Crippen MR) is 93.9 cm³/mol. The summed E-state index contributed by atoms with van der Waals surface area (Å²) >= 11 is 0. The van der Waals surface area contributed by atoms with Gasteiger partial charge in [-0.1, -0.05) is 12.1 Å². The standard InChI is InChI=1S/C20H22O5/c1-14(2)24-20(22)16-7-11-18(12-8-16)25-19(21)13-6-15-4-9-17(23-3)10-5-15/h4-5,7-12,14H,6,13H2,1-3H3. The van der Waals surface area contributed by atoms with Gasteiger partial charge in [-0.3, -0.25) is 4.79 Å². The van der Waals surface area contributed by atoms with Gasteiger partial charge in [0.15, 0.2) is 0 Å². The van der Waals surface area contributed by atoms with Gasteiger partial charge in [-0.25, -0.2) is 4.79 Å². The minimum absolute atomic E-state index is 0.178. The molecule has 0 heterocycles. The van der Waals surface area contributed by atoms with Gasteiger partial charge in [-0.15, -0.1) is 0 Å². The van der Waals surface area contributed by atoms with Crippen LogP contribution in [0.4, 0.5) is 0 Å². The second-order valence-electron chi connectivity index (χ2n) is 5.80. The molecule has 0 spiro atoms. The molecular weight excluding hydrogens is 320 g/mol. The van der Waals surface area contributed by atoms with Crippen LogP contribution in [0.1, 0.15) is 36.2 Å². The van der Waals surface area contributed by atoms with Gasteiger partial charge < -0.3 is 14.2 Å². The summed E-state index contributed by atoms with van der Waals surface area (Å²) in [7, 11) is 1.61. The SMILES string of the molecule is COc1ccc(CCC(=O)Oc2ccc(C(=O)OC(C)C)cc2)cc1. The second-order valence-corrected chi connectivity index (χ2v) is 5.80. The van der Waals surface area contributed by atoms with Gasteiger partial charge >= 0.3 is 11.9 Å². The van der Waals surface area contributed by atoms with Crippen LogP contribution in [0, 0.1) is 0 Å². The Morgan fingerprint density at radius 1 is 0.920 bits per heavy atom. The lowest BCUT2D eigenvalue weighted by Crippen LogP contribution is -2.12. The lowest BCUT2D eigenvalue weighted by Gasteiger charge is -2.08. The maximum atomic E-state index is 11.9. The molecule has 0 aliphatic carbocycles. The molecule has 0 aromatic heterocycles. The fourth-order valence-electron chi connectivity index (χ4n) is 2.16. The van der Waals surface area contributed by atoms with Crippen LogP contribution in [0.25, 0.3) is 0 Å². The van der Waals surface area contributed by atoms with Crippen molar-refractivity contribution in [3.63, 3.8) is 0 Å². The molecule has 0 atom stereocenters. The normalized spacial score (nSPS) is 10.4. The summed E-state index contributed by atoms with van der Waals surface area (Å²) in [5.41, 5.74) is 1.45. The summed E-state index contributed by atoms with van der Waals surface area (Å²) < 4.78 is 15.5. The third-order valence-corrected chi connectivity index (χ3v) is 3.44. The minimum Gasteiger partial charge on any atom is -0.497 e.